The van der Waals surface area contributed by atoms with Crippen LogP contribution in [0.1, 0.15) is 36.9 Å². The van der Waals surface area contributed by atoms with Crippen molar-refractivity contribution < 1.29 is 22.7 Å². The lowest BCUT2D eigenvalue weighted by atomic mass is 10.0. The van der Waals surface area contributed by atoms with E-state index >= 15 is 0 Å². The molecule has 0 aliphatic heterocycles. The fourth-order valence-electron chi connectivity index (χ4n) is 3.20. The number of rotatable bonds is 5. The normalized spacial score (nSPS) is 14.6. The van der Waals surface area contributed by atoms with Gasteiger partial charge in [-0.1, -0.05) is 0 Å². The van der Waals surface area contributed by atoms with Gasteiger partial charge < -0.3 is 4.74 Å². The Hall–Kier alpha value is -2.91. The highest BCUT2D eigenvalue weighted by Crippen LogP contribution is 2.46. The van der Waals surface area contributed by atoms with E-state index in [-0.39, 0.29) is 35.8 Å². The van der Waals surface area contributed by atoms with Crippen LogP contribution in [0, 0.1) is 0 Å². The summed E-state index contributed by atoms with van der Waals surface area (Å²) in [6.07, 6.45) is -0.00964. The first kappa shape index (κ1) is 18.5. The SMILES string of the molecule is CCOC(=O)Cn1nc(C2CC2)c2c(C(F)(F)F)cc(-c3cnn(C)c3)nc21. The number of pyridine rings is 1. The van der Waals surface area contributed by atoms with Gasteiger partial charge in [0.2, 0.25) is 0 Å². The van der Waals surface area contributed by atoms with Gasteiger partial charge in [0.15, 0.2) is 5.65 Å². The summed E-state index contributed by atoms with van der Waals surface area (Å²) < 4.78 is 49.3. The van der Waals surface area contributed by atoms with Gasteiger partial charge in [-0.15, -0.1) is 0 Å². The van der Waals surface area contributed by atoms with Crippen LogP contribution in [-0.4, -0.2) is 37.1 Å². The number of alkyl halides is 3. The van der Waals surface area contributed by atoms with Crippen LogP contribution < -0.4 is 0 Å². The number of aryl methyl sites for hydroxylation is 1. The molecule has 3 aromatic heterocycles. The maximum absolute atomic E-state index is 13.9. The maximum atomic E-state index is 13.9. The Morgan fingerprint density at radius 3 is 2.68 bits per heavy atom. The number of fused-ring (bicyclic) bond motifs is 1. The van der Waals surface area contributed by atoms with Crippen LogP contribution >= 0.6 is 0 Å². The third kappa shape index (κ3) is 3.34. The summed E-state index contributed by atoms with van der Waals surface area (Å²) >= 11 is 0. The quantitative estimate of drug-likeness (QED) is 0.622. The number of hydrogen-bond acceptors (Lipinski definition) is 5. The van der Waals surface area contributed by atoms with Crippen molar-refractivity contribution in [3.63, 3.8) is 0 Å². The van der Waals surface area contributed by atoms with Crippen molar-refractivity contribution >= 4 is 17.0 Å². The van der Waals surface area contributed by atoms with Gasteiger partial charge in [-0.2, -0.15) is 23.4 Å². The average Bonchev–Trinajstić information content (AvgIpc) is 3.28. The van der Waals surface area contributed by atoms with Crippen molar-refractivity contribution in [3.05, 3.63) is 29.7 Å². The molecule has 0 atom stereocenters. The number of carbonyl (C=O) groups excluding carboxylic acids is 1. The van der Waals surface area contributed by atoms with E-state index in [4.69, 9.17) is 4.74 Å². The molecule has 1 saturated carbocycles. The molecular weight excluding hydrogens is 375 g/mol. The van der Waals surface area contributed by atoms with Gasteiger partial charge in [0, 0.05) is 24.7 Å². The summed E-state index contributed by atoms with van der Waals surface area (Å²) in [7, 11) is 1.67. The van der Waals surface area contributed by atoms with Crippen molar-refractivity contribution in [1.29, 1.82) is 0 Å². The molecule has 0 unspecified atom stereocenters. The molecule has 0 bridgehead atoms. The van der Waals surface area contributed by atoms with E-state index in [1.165, 1.54) is 15.6 Å². The molecule has 148 valence electrons. The molecule has 10 heteroatoms. The van der Waals surface area contributed by atoms with Crippen molar-refractivity contribution in [2.24, 2.45) is 7.05 Å². The fourth-order valence-corrected chi connectivity index (χ4v) is 3.20. The average molecular weight is 393 g/mol. The largest absolute Gasteiger partial charge is 0.465 e. The topological polar surface area (TPSA) is 74.8 Å². The molecule has 28 heavy (non-hydrogen) atoms. The summed E-state index contributed by atoms with van der Waals surface area (Å²) in [6.45, 7) is 1.54. The maximum Gasteiger partial charge on any atom is 0.417 e. The number of halogens is 3. The second-order valence-corrected chi connectivity index (χ2v) is 6.78. The Morgan fingerprint density at radius 2 is 2.11 bits per heavy atom. The number of ether oxygens (including phenoxy) is 1. The first-order chi connectivity index (χ1) is 13.3. The van der Waals surface area contributed by atoms with Gasteiger partial charge >= 0.3 is 12.1 Å². The summed E-state index contributed by atoms with van der Waals surface area (Å²) in [5, 5.41) is 8.29. The van der Waals surface area contributed by atoms with Crippen LogP contribution in [0.5, 0.6) is 0 Å². The summed E-state index contributed by atoms with van der Waals surface area (Å²) in [5.74, 6) is -0.616. The Labute approximate surface area is 158 Å². The van der Waals surface area contributed by atoms with E-state index in [0.717, 1.165) is 18.9 Å². The Kier molecular flexibility index (Phi) is 4.35. The summed E-state index contributed by atoms with van der Waals surface area (Å²) in [6, 6.07) is 1.03. The molecule has 0 amide bonds. The highest BCUT2D eigenvalue weighted by molar-refractivity contribution is 5.87. The molecular formula is C18H18F3N5O2. The number of esters is 1. The highest BCUT2D eigenvalue weighted by atomic mass is 19.4. The standard InChI is InChI=1S/C18H18F3N5O2/c1-3-28-14(27)9-26-17-15(16(24-26)10-4-5-10)12(18(19,20)21)6-13(23-17)11-7-22-25(2)8-11/h6-8,10H,3-5,9H2,1-2H3. The van der Waals surface area contributed by atoms with Gasteiger partial charge in [0.05, 0.1) is 35.1 Å². The minimum Gasteiger partial charge on any atom is -0.465 e. The van der Waals surface area contributed by atoms with E-state index in [9.17, 15) is 18.0 Å². The monoisotopic (exact) mass is 393 g/mol. The molecule has 0 N–H and O–H groups in total. The van der Waals surface area contributed by atoms with E-state index < -0.39 is 17.7 Å². The zero-order valence-corrected chi connectivity index (χ0v) is 15.3. The second-order valence-electron chi connectivity index (χ2n) is 6.78. The van der Waals surface area contributed by atoms with E-state index in [1.54, 1.807) is 20.2 Å². The molecule has 0 aromatic carbocycles. The number of aromatic nitrogens is 5. The smallest absolute Gasteiger partial charge is 0.417 e. The van der Waals surface area contributed by atoms with Crippen LogP contribution in [0.25, 0.3) is 22.3 Å². The molecule has 1 aliphatic rings. The first-order valence-corrected chi connectivity index (χ1v) is 8.91. The first-order valence-electron chi connectivity index (χ1n) is 8.91. The fraction of sp³-hybridized carbons (Fsp3) is 0.444. The third-order valence-corrected chi connectivity index (χ3v) is 4.58. The predicted molar refractivity (Wildman–Crippen MR) is 93.3 cm³/mol. The van der Waals surface area contributed by atoms with E-state index in [2.05, 4.69) is 15.2 Å². The van der Waals surface area contributed by atoms with Crippen LogP contribution in [0.15, 0.2) is 18.5 Å². The number of nitrogens with zero attached hydrogens (tertiary/aromatic N) is 5. The minimum absolute atomic E-state index is 0.0311. The molecule has 3 aromatic rings. The van der Waals surface area contributed by atoms with Crippen molar-refractivity contribution in [2.75, 3.05) is 6.61 Å². The lowest BCUT2D eigenvalue weighted by Gasteiger charge is -2.11. The predicted octanol–water partition coefficient (Wildman–Crippen LogP) is 3.29. The van der Waals surface area contributed by atoms with Gasteiger partial charge in [-0.25, -0.2) is 9.67 Å². The van der Waals surface area contributed by atoms with Crippen LogP contribution in [0.2, 0.25) is 0 Å². The van der Waals surface area contributed by atoms with E-state index in [0.29, 0.717) is 11.3 Å². The van der Waals surface area contributed by atoms with Gasteiger partial charge in [0.25, 0.3) is 0 Å². The van der Waals surface area contributed by atoms with Crippen LogP contribution in [0.4, 0.5) is 13.2 Å². The van der Waals surface area contributed by atoms with Crippen molar-refractivity contribution in [3.8, 4) is 11.3 Å². The summed E-state index contributed by atoms with van der Waals surface area (Å²) in [4.78, 5) is 16.4. The zero-order chi connectivity index (χ0) is 20.1. The highest BCUT2D eigenvalue weighted by Gasteiger charge is 2.39. The zero-order valence-electron chi connectivity index (χ0n) is 15.3. The Balaban J connectivity index is 1.95. The van der Waals surface area contributed by atoms with Gasteiger partial charge in [0.1, 0.15) is 6.54 Å². The van der Waals surface area contributed by atoms with Crippen LogP contribution in [0.3, 0.4) is 0 Å². The van der Waals surface area contributed by atoms with Crippen molar-refractivity contribution in [2.45, 2.75) is 38.4 Å². The number of hydrogen-bond donors (Lipinski definition) is 0. The molecule has 0 saturated heterocycles. The lowest BCUT2D eigenvalue weighted by Crippen LogP contribution is -2.15. The van der Waals surface area contributed by atoms with Crippen molar-refractivity contribution in [1.82, 2.24) is 24.5 Å². The molecule has 1 fully saturated rings. The van der Waals surface area contributed by atoms with E-state index in [1.807, 2.05) is 0 Å². The Bertz CT molecular complexity index is 1050. The molecule has 4 rings (SSSR count). The number of carbonyl (C=O) groups is 1. The molecule has 0 radical (unpaired) electrons. The van der Waals surface area contributed by atoms with Gasteiger partial charge in [-0.05, 0) is 25.8 Å². The lowest BCUT2D eigenvalue weighted by molar-refractivity contribution is -0.144. The van der Waals surface area contributed by atoms with Crippen LogP contribution in [-0.2, 0) is 29.3 Å². The Morgan fingerprint density at radius 1 is 1.36 bits per heavy atom. The molecule has 0 spiro atoms. The second kappa shape index (κ2) is 6.61. The summed E-state index contributed by atoms with van der Waals surface area (Å²) in [5.41, 5.74) is 0.154. The minimum atomic E-state index is -4.58. The van der Waals surface area contributed by atoms with Gasteiger partial charge in [-0.3, -0.25) is 9.48 Å². The molecule has 1 aliphatic carbocycles. The third-order valence-electron chi connectivity index (χ3n) is 4.58. The molecule has 7 nitrogen and oxygen atoms in total. The molecule has 3 heterocycles.